The number of hydrogen-bond donors (Lipinski definition) is 1. The highest BCUT2D eigenvalue weighted by molar-refractivity contribution is 5.77. The first kappa shape index (κ1) is 20.6. The van der Waals surface area contributed by atoms with E-state index >= 15 is 0 Å². The van der Waals surface area contributed by atoms with E-state index in [4.69, 9.17) is 14.2 Å². The van der Waals surface area contributed by atoms with Gasteiger partial charge in [-0.2, -0.15) is 0 Å². The second kappa shape index (κ2) is 10.4. The summed E-state index contributed by atoms with van der Waals surface area (Å²) in [6.45, 7) is 1.63. The summed E-state index contributed by atoms with van der Waals surface area (Å²) < 4.78 is 15.7. The molecule has 2 aromatic rings. The van der Waals surface area contributed by atoms with E-state index in [1.807, 2.05) is 54.4 Å². The number of hydrogen-bond acceptors (Lipinski definition) is 5. The van der Waals surface area contributed by atoms with E-state index in [1.165, 1.54) is 0 Å². The Morgan fingerprint density at radius 1 is 0.926 bits per heavy atom. The molecule has 0 fully saturated rings. The van der Waals surface area contributed by atoms with Gasteiger partial charge in [0.2, 0.25) is 5.91 Å². The van der Waals surface area contributed by atoms with Crippen LogP contribution < -0.4 is 19.5 Å². The van der Waals surface area contributed by atoms with Gasteiger partial charge in [-0.3, -0.25) is 9.69 Å². The van der Waals surface area contributed by atoms with E-state index in [2.05, 4.69) is 5.32 Å². The molecule has 0 saturated carbocycles. The van der Waals surface area contributed by atoms with Crippen molar-refractivity contribution in [3.63, 3.8) is 0 Å². The van der Waals surface area contributed by atoms with Gasteiger partial charge in [-0.05, 0) is 48.9 Å². The molecule has 0 saturated heterocycles. The lowest BCUT2D eigenvalue weighted by Crippen LogP contribution is -2.35. The van der Waals surface area contributed by atoms with Crippen molar-refractivity contribution in [3.05, 3.63) is 53.6 Å². The monoisotopic (exact) mass is 372 g/mol. The predicted octanol–water partition coefficient (Wildman–Crippen LogP) is 2.50. The van der Waals surface area contributed by atoms with Gasteiger partial charge in [-0.25, -0.2) is 0 Å². The van der Waals surface area contributed by atoms with Crippen molar-refractivity contribution in [1.29, 1.82) is 0 Å². The van der Waals surface area contributed by atoms with Gasteiger partial charge in [0.15, 0.2) is 11.5 Å². The van der Waals surface area contributed by atoms with Gasteiger partial charge < -0.3 is 19.5 Å². The van der Waals surface area contributed by atoms with Gasteiger partial charge in [-0.1, -0.05) is 18.2 Å². The predicted molar refractivity (Wildman–Crippen MR) is 106 cm³/mol. The molecule has 6 heteroatoms. The smallest absolute Gasteiger partial charge is 0.234 e. The highest BCUT2D eigenvalue weighted by Crippen LogP contribution is 2.27. The minimum atomic E-state index is 0.000583. The molecule has 0 bridgehead atoms. The molecule has 27 heavy (non-hydrogen) atoms. The fourth-order valence-electron chi connectivity index (χ4n) is 2.68. The van der Waals surface area contributed by atoms with Gasteiger partial charge in [-0.15, -0.1) is 0 Å². The molecule has 0 atom stereocenters. The SMILES string of the molecule is COc1ccc(CNC(=O)CN(C)CCc2ccc(OC)c(OC)c2)cc1. The first-order valence-electron chi connectivity index (χ1n) is 8.84. The van der Waals surface area contributed by atoms with E-state index in [0.717, 1.165) is 35.6 Å². The number of rotatable bonds is 10. The standard InChI is InChI=1S/C21H28N2O4/c1-23(12-11-16-7-10-19(26-3)20(13-16)27-4)15-21(24)22-14-17-5-8-18(25-2)9-6-17/h5-10,13H,11-12,14-15H2,1-4H3,(H,22,24). The van der Waals surface area contributed by atoms with Gasteiger partial charge in [0.05, 0.1) is 27.9 Å². The molecule has 146 valence electrons. The van der Waals surface area contributed by atoms with Crippen LogP contribution in [0, 0.1) is 0 Å². The topological polar surface area (TPSA) is 60.0 Å². The minimum absolute atomic E-state index is 0.000583. The van der Waals surface area contributed by atoms with E-state index in [9.17, 15) is 4.79 Å². The second-order valence-corrected chi connectivity index (χ2v) is 6.30. The van der Waals surface area contributed by atoms with Crippen LogP contribution in [-0.2, 0) is 17.8 Å². The van der Waals surface area contributed by atoms with Gasteiger partial charge in [0, 0.05) is 13.1 Å². The normalized spacial score (nSPS) is 10.6. The number of ether oxygens (including phenoxy) is 3. The average Bonchev–Trinajstić information content (AvgIpc) is 2.70. The molecular formula is C21H28N2O4. The summed E-state index contributed by atoms with van der Waals surface area (Å²) in [4.78, 5) is 14.1. The highest BCUT2D eigenvalue weighted by atomic mass is 16.5. The number of likely N-dealkylation sites (N-methyl/N-ethyl adjacent to an activating group) is 1. The van der Waals surface area contributed by atoms with Crippen molar-refractivity contribution in [2.24, 2.45) is 0 Å². The van der Waals surface area contributed by atoms with Crippen molar-refractivity contribution < 1.29 is 19.0 Å². The first-order chi connectivity index (χ1) is 13.0. The van der Waals surface area contributed by atoms with Crippen LogP contribution >= 0.6 is 0 Å². The van der Waals surface area contributed by atoms with Crippen LogP contribution in [0.25, 0.3) is 0 Å². The van der Waals surface area contributed by atoms with Crippen molar-refractivity contribution in [2.45, 2.75) is 13.0 Å². The number of benzene rings is 2. The van der Waals surface area contributed by atoms with E-state index < -0.39 is 0 Å². The lowest BCUT2D eigenvalue weighted by atomic mass is 10.1. The van der Waals surface area contributed by atoms with Crippen LogP contribution in [0.3, 0.4) is 0 Å². The van der Waals surface area contributed by atoms with Crippen LogP contribution in [0.15, 0.2) is 42.5 Å². The molecule has 0 spiro atoms. The largest absolute Gasteiger partial charge is 0.497 e. The quantitative estimate of drug-likeness (QED) is 0.694. The molecule has 0 heterocycles. The minimum Gasteiger partial charge on any atom is -0.497 e. The molecule has 0 aromatic heterocycles. The third-order valence-corrected chi connectivity index (χ3v) is 4.29. The summed E-state index contributed by atoms with van der Waals surface area (Å²) in [5.41, 5.74) is 2.18. The molecule has 0 aliphatic heterocycles. The molecule has 1 amide bonds. The van der Waals surface area contributed by atoms with Gasteiger partial charge in [0.25, 0.3) is 0 Å². The average molecular weight is 372 g/mol. The Labute approximate surface area is 161 Å². The molecule has 0 aliphatic carbocycles. The maximum Gasteiger partial charge on any atom is 0.234 e. The van der Waals surface area contributed by atoms with E-state index in [0.29, 0.717) is 18.8 Å². The van der Waals surface area contributed by atoms with Crippen LogP contribution in [0.5, 0.6) is 17.2 Å². The number of carbonyl (C=O) groups is 1. The Balaban J connectivity index is 1.75. The van der Waals surface area contributed by atoms with Crippen molar-refractivity contribution in [2.75, 3.05) is 41.5 Å². The third-order valence-electron chi connectivity index (χ3n) is 4.29. The Morgan fingerprint density at radius 3 is 2.22 bits per heavy atom. The number of carbonyl (C=O) groups excluding carboxylic acids is 1. The van der Waals surface area contributed by atoms with Crippen LogP contribution in [0.4, 0.5) is 0 Å². The fourth-order valence-corrected chi connectivity index (χ4v) is 2.68. The lowest BCUT2D eigenvalue weighted by molar-refractivity contribution is -0.122. The second-order valence-electron chi connectivity index (χ2n) is 6.30. The van der Waals surface area contributed by atoms with Crippen molar-refractivity contribution in [1.82, 2.24) is 10.2 Å². The highest BCUT2D eigenvalue weighted by Gasteiger charge is 2.09. The van der Waals surface area contributed by atoms with Crippen LogP contribution in [0.1, 0.15) is 11.1 Å². The summed E-state index contributed by atoms with van der Waals surface area (Å²) >= 11 is 0. The van der Waals surface area contributed by atoms with E-state index in [1.54, 1.807) is 21.3 Å². The van der Waals surface area contributed by atoms with Crippen LogP contribution in [-0.4, -0.2) is 52.3 Å². The molecule has 2 rings (SSSR count). The lowest BCUT2D eigenvalue weighted by Gasteiger charge is -2.17. The third kappa shape index (κ3) is 6.49. The number of methoxy groups -OCH3 is 3. The molecular weight excluding hydrogens is 344 g/mol. The summed E-state index contributed by atoms with van der Waals surface area (Å²) in [7, 11) is 6.82. The van der Waals surface area contributed by atoms with Crippen molar-refractivity contribution >= 4 is 5.91 Å². The summed E-state index contributed by atoms with van der Waals surface area (Å²) in [5, 5.41) is 2.94. The molecule has 1 N–H and O–H groups in total. The Kier molecular flexibility index (Phi) is 7.95. The zero-order valence-electron chi connectivity index (χ0n) is 16.5. The summed E-state index contributed by atoms with van der Waals surface area (Å²) in [5.74, 6) is 2.24. The number of nitrogens with zero attached hydrogens (tertiary/aromatic N) is 1. The van der Waals surface area contributed by atoms with Gasteiger partial charge >= 0.3 is 0 Å². The molecule has 0 radical (unpaired) electrons. The summed E-state index contributed by atoms with van der Waals surface area (Å²) in [6.07, 6.45) is 0.822. The maximum absolute atomic E-state index is 12.1. The summed E-state index contributed by atoms with van der Waals surface area (Å²) in [6, 6.07) is 13.5. The molecule has 0 unspecified atom stereocenters. The maximum atomic E-state index is 12.1. The van der Waals surface area contributed by atoms with E-state index in [-0.39, 0.29) is 5.91 Å². The Morgan fingerprint density at radius 2 is 1.59 bits per heavy atom. The molecule has 2 aromatic carbocycles. The first-order valence-corrected chi connectivity index (χ1v) is 8.84. The molecule has 0 aliphatic rings. The number of amides is 1. The Hall–Kier alpha value is -2.73. The zero-order chi connectivity index (χ0) is 19.6. The number of nitrogens with one attached hydrogen (secondary N) is 1. The van der Waals surface area contributed by atoms with Crippen LogP contribution in [0.2, 0.25) is 0 Å². The molecule has 6 nitrogen and oxygen atoms in total. The van der Waals surface area contributed by atoms with Gasteiger partial charge in [0.1, 0.15) is 5.75 Å². The van der Waals surface area contributed by atoms with Crippen molar-refractivity contribution in [3.8, 4) is 17.2 Å². The Bertz CT molecular complexity index is 731. The fraction of sp³-hybridized carbons (Fsp3) is 0.381. The zero-order valence-corrected chi connectivity index (χ0v) is 16.5.